The summed E-state index contributed by atoms with van der Waals surface area (Å²) < 4.78 is 32.3. The lowest BCUT2D eigenvalue weighted by molar-refractivity contribution is 0.00794. The number of hydrogen-bond donors (Lipinski definition) is 2. The Kier molecular flexibility index (Phi) is 4.99. The lowest BCUT2D eigenvalue weighted by Gasteiger charge is -2.30. The van der Waals surface area contributed by atoms with E-state index in [1.54, 1.807) is 6.07 Å². The maximum absolute atomic E-state index is 15.0. The number of nitrogens with one attached hydrogen (secondary N) is 1. The second kappa shape index (κ2) is 8.13. The molecule has 2 aromatic heterocycles. The molecule has 1 aromatic carbocycles. The summed E-state index contributed by atoms with van der Waals surface area (Å²) in [5, 5.41) is 9.92. The van der Waals surface area contributed by atoms with Crippen molar-refractivity contribution in [2.24, 2.45) is 0 Å². The summed E-state index contributed by atoms with van der Waals surface area (Å²) in [6.07, 6.45) is 4.28. The summed E-state index contributed by atoms with van der Waals surface area (Å²) in [4.78, 5) is 10.2. The quantitative estimate of drug-likeness (QED) is 0.599. The molecule has 3 aromatic rings. The van der Waals surface area contributed by atoms with E-state index in [1.165, 1.54) is 30.0 Å². The first-order chi connectivity index (χ1) is 17.0. The highest BCUT2D eigenvalue weighted by Gasteiger charge is 2.48. The number of aliphatic hydroxyl groups is 1. The minimum Gasteiger partial charge on any atom is -0.470 e. The fourth-order valence-electron chi connectivity index (χ4n) is 6.08. The Bertz CT molecular complexity index is 1310. The number of hydrogen-bond acceptors (Lipinski definition) is 6. The van der Waals surface area contributed by atoms with Crippen LogP contribution in [0, 0.1) is 5.82 Å². The zero-order valence-corrected chi connectivity index (χ0v) is 19.5. The van der Waals surface area contributed by atoms with Crippen LogP contribution < -0.4 is 4.74 Å². The summed E-state index contributed by atoms with van der Waals surface area (Å²) in [7, 11) is 2.21. The van der Waals surface area contributed by atoms with E-state index >= 15 is 4.39 Å². The summed E-state index contributed by atoms with van der Waals surface area (Å²) in [5.74, 6) is 0.0872. The molecule has 8 heteroatoms. The highest BCUT2D eigenvalue weighted by Crippen LogP contribution is 2.38. The summed E-state index contributed by atoms with van der Waals surface area (Å²) in [6.45, 7) is 0.571. The van der Waals surface area contributed by atoms with Crippen LogP contribution in [-0.2, 0) is 9.47 Å². The molecule has 0 radical (unpaired) electrons. The number of rotatable bonds is 4. The topological polar surface area (TPSA) is 79.8 Å². The average molecular weight is 478 g/mol. The lowest BCUT2D eigenvalue weighted by atomic mass is 9.94. The van der Waals surface area contributed by atoms with Gasteiger partial charge in [-0.05, 0) is 37.4 Å². The van der Waals surface area contributed by atoms with Gasteiger partial charge in [-0.25, -0.2) is 9.37 Å². The van der Waals surface area contributed by atoms with Crippen LogP contribution in [0.5, 0.6) is 5.88 Å². The van der Waals surface area contributed by atoms with Crippen molar-refractivity contribution in [3.05, 3.63) is 53.9 Å². The molecular weight excluding hydrogens is 449 g/mol. The molecule has 2 unspecified atom stereocenters. The number of pyridine rings is 1. The van der Waals surface area contributed by atoms with E-state index in [9.17, 15) is 5.11 Å². The van der Waals surface area contributed by atoms with Gasteiger partial charge in [0.25, 0.3) is 0 Å². The van der Waals surface area contributed by atoms with Crippen molar-refractivity contribution in [3.63, 3.8) is 0 Å². The van der Waals surface area contributed by atoms with Crippen molar-refractivity contribution < 1.29 is 23.7 Å². The van der Waals surface area contributed by atoms with E-state index in [1.807, 2.05) is 12.1 Å². The standard InChI is InChI=1S/C27H28FN3O4/c1-31-17-6-7-18(31)9-16(8-17)14-2-4-15(5-3-14)25-19(28)10-20-21(30-25)11-24(29-20)35-23-13-34-26-22(32)12-33-27(23)26/h2-5,8,10-11,17-18,22-23,26-27,29,32H,6-7,9,12-13H2,1H3/t17?,18?,22-,23-,26-,27-/m1/s1. The summed E-state index contributed by atoms with van der Waals surface area (Å²) in [5.41, 5.74) is 4.84. The zero-order valence-electron chi connectivity index (χ0n) is 19.5. The van der Waals surface area contributed by atoms with Gasteiger partial charge in [-0.3, -0.25) is 4.90 Å². The van der Waals surface area contributed by atoms with Gasteiger partial charge in [-0.2, -0.15) is 0 Å². The van der Waals surface area contributed by atoms with Gasteiger partial charge in [-0.1, -0.05) is 30.3 Å². The Morgan fingerprint density at radius 2 is 1.89 bits per heavy atom. The third-order valence-corrected chi connectivity index (χ3v) is 8.06. The average Bonchev–Trinajstić information content (AvgIpc) is 3.58. The van der Waals surface area contributed by atoms with Crippen LogP contribution >= 0.6 is 0 Å². The Labute approximate surface area is 202 Å². The molecule has 4 aliphatic heterocycles. The van der Waals surface area contributed by atoms with Gasteiger partial charge in [0.1, 0.15) is 24.0 Å². The number of nitrogens with zero attached hydrogens (tertiary/aromatic N) is 2. The number of halogens is 1. The Morgan fingerprint density at radius 3 is 2.71 bits per heavy atom. The molecule has 3 fully saturated rings. The van der Waals surface area contributed by atoms with Crippen LogP contribution in [0.15, 0.2) is 42.5 Å². The molecule has 6 atom stereocenters. The molecule has 2 N–H and O–H groups in total. The Balaban J connectivity index is 1.12. The second-order valence-corrected chi connectivity index (χ2v) is 10.1. The number of fused-ring (bicyclic) bond motifs is 4. The highest BCUT2D eigenvalue weighted by molar-refractivity contribution is 5.81. The number of aromatic amines is 1. The SMILES string of the molecule is CN1C2C=C(c3ccc(-c4nc5cc(O[C@@H]6CO[C@H]7[C@@H]6OC[C@H]7O)[nH]c5cc4F)cc3)CC1CC2. The van der Waals surface area contributed by atoms with Crippen molar-refractivity contribution in [3.8, 4) is 17.1 Å². The van der Waals surface area contributed by atoms with Crippen LogP contribution in [0.4, 0.5) is 4.39 Å². The first kappa shape index (κ1) is 21.5. The normalized spacial score (nSPS) is 32.3. The van der Waals surface area contributed by atoms with Crippen molar-refractivity contribution in [1.82, 2.24) is 14.9 Å². The summed E-state index contributed by atoms with van der Waals surface area (Å²) in [6, 6.07) is 12.4. The van der Waals surface area contributed by atoms with E-state index in [0.717, 1.165) is 12.0 Å². The minimum atomic E-state index is -0.632. The molecule has 0 aliphatic carbocycles. The number of likely N-dealkylation sites (N-methyl/N-ethyl adjacent to an activating group) is 1. The lowest BCUT2D eigenvalue weighted by Crippen LogP contribution is -2.34. The van der Waals surface area contributed by atoms with Crippen molar-refractivity contribution in [1.29, 1.82) is 0 Å². The van der Waals surface area contributed by atoms with Gasteiger partial charge in [0, 0.05) is 29.8 Å². The van der Waals surface area contributed by atoms with Gasteiger partial charge < -0.3 is 24.3 Å². The fourth-order valence-corrected chi connectivity index (χ4v) is 6.08. The predicted octanol–water partition coefficient (Wildman–Crippen LogP) is 3.52. The molecule has 35 heavy (non-hydrogen) atoms. The molecule has 7 nitrogen and oxygen atoms in total. The van der Waals surface area contributed by atoms with Crippen LogP contribution in [0.3, 0.4) is 0 Å². The van der Waals surface area contributed by atoms with E-state index in [4.69, 9.17) is 14.2 Å². The van der Waals surface area contributed by atoms with E-state index in [-0.39, 0.29) is 30.7 Å². The van der Waals surface area contributed by atoms with Crippen molar-refractivity contribution >= 4 is 16.6 Å². The van der Waals surface area contributed by atoms with Crippen LogP contribution in [0.25, 0.3) is 27.9 Å². The molecule has 6 heterocycles. The maximum atomic E-state index is 15.0. The van der Waals surface area contributed by atoms with Crippen LogP contribution in [-0.4, -0.2) is 76.7 Å². The first-order valence-electron chi connectivity index (χ1n) is 12.3. The molecule has 182 valence electrons. The first-order valence-corrected chi connectivity index (χ1v) is 12.3. The molecule has 3 saturated heterocycles. The molecule has 4 aliphatic rings. The summed E-state index contributed by atoms with van der Waals surface area (Å²) >= 11 is 0. The van der Waals surface area contributed by atoms with Crippen molar-refractivity contribution in [2.45, 2.75) is 55.8 Å². The molecule has 0 spiro atoms. The molecular formula is C27H28FN3O4. The van der Waals surface area contributed by atoms with E-state index in [2.05, 4.69) is 40.1 Å². The number of aromatic nitrogens is 2. The predicted molar refractivity (Wildman–Crippen MR) is 129 cm³/mol. The Morgan fingerprint density at radius 1 is 1.09 bits per heavy atom. The van der Waals surface area contributed by atoms with Gasteiger partial charge in [0.15, 0.2) is 17.8 Å². The van der Waals surface area contributed by atoms with Gasteiger partial charge in [-0.15, -0.1) is 0 Å². The maximum Gasteiger partial charge on any atom is 0.193 e. The molecule has 2 bridgehead atoms. The fraction of sp³-hybridized carbons (Fsp3) is 0.444. The number of ether oxygens (including phenoxy) is 3. The van der Waals surface area contributed by atoms with E-state index < -0.39 is 6.10 Å². The monoisotopic (exact) mass is 477 g/mol. The van der Waals surface area contributed by atoms with Gasteiger partial charge in [0.05, 0.1) is 24.2 Å². The molecule has 0 saturated carbocycles. The van der Waals surface area contributed by atoms with E-state index in [0.29, 0.717) is 41.3 Å². The van der Waals surface area contributed by atoms with Gasteiger partial charge >= 0.3 is 0 Å². The third-order valence-electron chi connectivity index (χ3n) is 8.06. The zero-order chi connectivity index (χ0) is 23.7. The third kappa shape index (κ3) is 3.59. The number of aliphatic hydroxyl groups excluding tert-OH is 1. The highest BCUT2D eigenvalue weighted by atomic mass is 19.1. The second-order valence-electron chi connectivity index (χ2n) is 10.1. The largest absolute Gasteiger partial charge is 0.470 e. The Hall–Kier alpha value is -2.78. The van der Waals surface area contributed by atoms with Crippen LogP contribution in [0.1, 0.15) is 24.8 Å². The molecule has 0 amide bonds. The van der Waals surface area contributed by atoms with Gasteiger partial charge in [0.2, 0.25) is 0 Å². The number of benzene rings is 1. The molecule has 7 rings (SSSR count). The number of H-pyrrole nitrogens is 1. The minimum absolute atomic E-state index is 0.242. The smallest absolute Gasteiger partial charge is 0.193 e. The van der Waals surface area contributed by atoms with Crippen LogP contribution in [0.2, 0.25) is 0 Å². The van der Waals surface area contributed by atoms with Crippen molar-refractivity contribution in [2.75, 3.05) is 20.3 Å².